The highest BCUT2D eigenvalue weighted by Gasteiger charge is 2.31. The van der Waals surface area contributed by atoms with Crippen molar-refractivity contribution in [3.05, 3.63) is 26.6 Å². The predicted molar refractivity (Wildman–Crippen MR) is 104 cm³/mol. The van der Waals surface area contributed by atoms with Gasteiger partial charge in [0.1, 0.15) is 12.1 Å². The summed E-state index contributed by atoms with van der Waals surface area (Å²) in [5.74, 6) is -1.60. The molecule has 0 aliphatic carbocycles. The summed E-state index contributed by atoms with van der Waals surface area (Å²) in [6.45, 7) is 3.18. The van der Waals surface area contributed by atoms with Crippen LogP contribution in [-0.2, 0) is 27.5 Å². The fourth-order valence-electron chi connectivity index (χ4n) is 2.31. The minimum Gasteiger partial charge on any atom is -0.480 e. The van der Waals surface area contributed by atoms with Crippen LogP contribution in [0.2, 0.25) is 0 Å². The summed E-state index contributed by atoms with van der Waals surface area (Å²) in [5, 5.41) is 11.6. The largest absolute Gasteiger partial charge is 0.480 e. The number of amides is 1. The SMILES string of the molecule is CNOCc1[nH]c2c(c1CC(N)C(=O)NC(C)(C)C(=O)O)I=CC=C2. The maximum Gasteiger partial charge on any atom is 0.328 e. The van der Waals surface area contributed by atoms with Gasteiger partial charge >= 0.3 is 5.97 Å². The molecule has 2 heterocycles. The van der Waals surface area contributed by atoms with E-state index in [2.05, 4.69) is 19.8 Å². The molecule has 0 saturated heterocycles. The van der Waals surface area contributed by atoms with Crippen molar-refractivity contribution in [3.63, 3.8) is 0 Å². The van der Waals surface area contributed by atoms with Crippen molar-refractivity contribution in [1.82, 2.24) is 15.8 Å². The first-order valence-corrected chi connectivity index (χ1v) is 10.0. The Kier molecular flexibility index (Phi) is 6.49. The number of carboxylic acids is 1. The summed E-state index contributed by atoms with van der Waals surface area (Å²) in [7, 11) is 1.68. The molecule has 1 aromatic heterocycles. The second-order valence-corrected chi connectivity index (χ2v) is 8.55. The minimum absolute atomic E-state index is 0.312. The third kappa shape index (κ3) is 4.75. The third-order valence-electron chi connectivity index (χ3n) is 3.75. The summed E-state index contributed by atoms with van der Waals surface area (Å²) in [5.41, 5.74) is 10.2. The first-order valence-electron chi connectivity index (χ1n) is 7.72. The minimum atomic E-state index is -1.37. The molecule has 138 valence electrons. The van der Waals surface area contributed by atoms with Crippen molar-refractivity contribution in [2.75, 3.05) is 7.05 Å². The predicted octanol–water partition coefficient (Wildman–Crippen LogP) is 0.484. The molecular formula is C16H23IN4O4. The number of carbonyl (C=O) groups is 2. The molecule has 1 aliphatic rings. The Morgan fingerprint density at radius 2 is 2.20 bits per heavy atom. The van der Waals surface area contributed by atoms with Crippen LogP contribution in [-0.4, -0.2) is 44.6 Å². The number of allylic oxidation sites excluding steroid dienone is 1. The average Bonchev–Trinajstić information content (AvgIpc) is 2.90. The number of hydroxylamine groups is 1. The van der Waals surface area contributed by atoms with Gasteiger partial charge < -0.3 is 21.1 Å². The molecule has 0 fully saturated rings. The number of fused-ring (bicyclic) bond motifs is 1. The number of nitrogens with one attached hydrogen (secondary N) is 3. The van der Waals surface area contributed by atoms with Gasteiger partial charge in [-0.3, -0.25) is 9.63 Å². The van der Waals surface area contributed by atoms with Crippen LogP contribution in [0.4, 0.5) is 0 Å². The lowest BCUT2D eigenvalue weighted by atomic mass is 10.0. The number of aromatic amines is 1. The Balaban J connectivity index is 2.19. The fourth-order valence-corrected chi connectivity index (χ4v) is 4.65. The normalized spacial score (nSPS) is 14.6. The highest BCUT2D eigenvalue weighted by molar-refractivity contribution is 14.2. The lowest BCUT2D eigenvalue weighted by molar-refractivity contribution is -0.146. The molecule has 1 aliphatic heterocycles. The van der Waals surface area contributed by atoms with Crippen LogP contribution >= 0.6 is 20.7 Å². The quantitative estimate of drug-likeness (QED) is 0.283. The van der Waals surface area contributed by atoms with Crippen LogP contribution in [0.3, 0.4) is 0 Å². The molecule has 0 radical (unpaired) electrons. The highest BCUT2D eigenvalue weighted by Crippen LogP contribution is 2.29. The molecule has 0 bridgehead atoms. The Morgan fingerprint density at radius 1 is 1.48 bits per heavy atom. The molecule has 8 nitrogen and oxygen atoms in total. The number of carbonyl (C=O) groups excluding carboxylic acids is 1. The maximum atomic E-state index is 12.3. The van der Waals surface area contributed by atoms with Crippen molar-refractivity contribution >= 4 is 42.7 Å². The van der Waals surface area contributed by atoms with Crippen LogP contribution in [0.1, 0.15) is 30.8 Å². The molecule has 25 heavy (non-hydrogen) atoms. The summed E-state index contributed by atoms with van der Waals surface area (Å²) < 4.78 is 3.33. The first kappa shape index (κ1) is 19.8. The van der Waals surface area contributed by atoms with Gasteiger partial charge in [-0.15, -0.1) is 0 Å². The Bertz CT molecular complexity index is 724. The molecular weight excluding hydrogens is 439 g/mol. The summed E-state index contributed by atoms with van der Waals surface area (Å²) in [6.07, 6.45) is 4.32. The number of hydrogen-bond donors (Lipinski definition) is 5. The number of aromatic nitrogens is 1. The van der Waals surface area contributed by atoms with Crippen molar-refractivity contribution in [2.45, 2.75) is 38.5 Å². The maximum absolute atomic E-state index is 12.3. The summed E-state index contributed by atoms with van der Waals surface area (Å²) in [4.78, 5) is 32.1. The van der Waals surface area contributed by atoms with Gasteiger partial charge in [-0.2, -0.15) is 0 Å². The van der Waals surface area contributed by atoms with E-state index in [1.807, 2.05) is 12.2 Å². The van der Waals surface area contributed by atoms with Gasteiger partial charge in [0.25, 0.3) is 0 Å². The second-order valence-electron chi connectivity index (χ2n) is 6.13. The van der Waals surface area contributed by atoms with Crippen LogP contribution < -0.4 is 16.5 Å². The highest BCUT2D eigenvalue weighted by atomic mass is 127. The summed E-state index contributed by atoms with van der Waals surface area (Å²) in [6, 6.07) is -0.846. The van der Waals surface area contributed by atoms with Crippen molar-refractivity contribution < 1.29 is 19.5 Å². The molecule has 1 amide bonds. The number of hydrogen-bond acceptors (Lipinski definition) is 5. The number of nitrogens with two attached hydrogens (primary N) is 1. The van der Waals surface area contributed by atoms with E-state index in [0.29, 0.717) is 13.0 Å². The second kappa shape index (κ2) is 8.21. The smallest absolute Gasteiger partial charge is 0.328 e. The van der Waals surface area contributed by atoms with E-state index in [4.69, 9.17) is 15.7 Å². The van der Waals surface area contributed by atoms with E-state index >= 15 is 0 Å². The lowest BCUT2D eigenvalue weighted by Gasteiger charge is -2.23. The molecule has 1 aromatic rings. The van der Waals surface area contributed by atoms with E-state index in [9.17, 15) is 9.59 Å². The van der Waals surface area contributed by atoms with Crippen LogP contribution in [0.15, 0.2) is 6.08 Å². The van der Waals surface area contributed by atoms with E-state index < -0.39 is 23.5 Å². The first-order chi connectivity index (χ1) is 11.8. The van der Waals surface area contributed by atoms with Crippen molar-refractivity contribution in [3.8, 4) is 0 Å². The number of halogens is 1. The monoisotopic (exact) mass is 462 g/mol. The zero-order valence-corrected chi connectivity index (χ0v) is 16.5. The lowest BCUT2D eigenvalue weighted by Crippen LogP contribution is -2.55. The Morgan fingerprint density at radius 3 is 2.84 bits per heavy atom. The van der Waals surface area contributed by atoms with Gasteiger partial charge in [-0.1, -0.05) is 26.8 Å². The van der Waals surface area contributed by atoms with Gasteiger partial charge in [-0.25, -0.2) is 10.3 Å². The Labute approximate surface area is 155 Å². The number of carboxylic acid groups (broad SMARTS) is 1. The van der Waals surface area contributed by atoms with Gasteiger partial charge in [0, 0.05) is 16.3 Å². The third-order valence-corrected chi connectivity index (χ3v) is 6.38. The number of aliphatic carboxylic acids is 1. The average molecular weight is 462 g/mol. The van der Waals surface area contributed by atoms with Gasteiger partial charge in [-0.05, 0) is 35.9 Å². The molecule has 1 atom stereocenters. The number of H-pyrrole nitrogens is 1. The van der Waals surface area contributed by atoms with E-state index in [-0.39, 0.29) is 20.7 Å². The van der Waals surface area contributed by atoms with Gasteiger partial charge in [0.15, 0.2) is 0 Å². The van der Waals surface area contributed by atoms with Gasteiger partial charge in [0.05, 0.1) is 11.7 Å². The number of rotatable bonds is 8. The molecule has 0 saturated carbocycles. The molecule has 9 heteroatoms. The standard InChI is InChI=1S/C16H23IN4O4/c1-16(2,15(23)24)21-14(22)10(18)7-9-12(8-25-19-3)20-11-5-4-6-17-13(9)11/h4-6,10,19-20H,7-8,18H2,1-3H3,(H,21,22)(H,23,24). The van der Waals surface area contributed by atoms with Crippen molar-refractivity contribution in [2.24, 2.45) is 5.73 Å². The van der Waals surface area contributed by atoms with Crippen LogP contribution in [0, 0.1) is 3.57 Å². The molecule has 2 rings (SSSR count). The molecule has 0 aromatic carbocycles. The Hall–Kier alpha value is -1.56. The summed E-state index contributed by atoms with van der Waals surface area (Å²) >= 11 is -0.312. The van der Waals surface area contributed by atoms with E-state index in [1.54, 1.807) is 7.05 Å². The zero-order chi connectivity index (χ0) is 18.6. The molecule has 6 N–H and O–H groups in total. The molecule has 0 spiro atoms. The zero-order valence-electron chi connectivity index (χ0n) is 14.4. The van der Waals surface area contributed by atoms with Crippen LogP contribution in [0.25, 0.3) is 6.08 Å². The van der Waals surface area contributed by atoms with Crippen LogP contribution in [0.5, 0.6) is 0 Å². The van der Waals surface area contributed by atoms with Crippen molar-refractivity contribution in [1.29, 1.82) is 0 Å². The van der Waals surface area contributed by atoms with E-state index in [0.717, 1.165) is 17.0 Å². The topological polar surface area (TPSA) is 129 Å². The van der Waals surface area contributed by atoms with Gasteiger partial charge in [0.2, 0.25) is 5.91 Å². The fraction of sp³-hybridized carbons (Fsp3) is 0.438. The molecule has 1 unspecified atom stereocenters. The van der Waals surface area contributed by atoms with E-state index in [1.165, 1.54) is 17.4 Å².